The summed E-state index contributed by atoms with van der Waals surface area (Å²) in [4.78, 5) is 4.61. The molecule has 33 heavy (non-hydrogen) atoms. The number of nitrogens with zero attached hydrogens (tertiary/aromatic N) is 6. The Morgan fingerprint density at radius 3 is 2.64 bits per heavy atom. The van der Waals surface area contributed by atoms with Gasteiger partial charge in [-0.15, -0.1) is 15.3 Å². The zero-order chi connectivity index (χ0) is 22.4. The Morgan fingerprint density at radius 2 is 1.79 bits per heavy atom. The van der Waals surface area contributed by atoms with Crippen LogP contribution in [0.3, 0.4) is 0 Å². The maximum Gasteiger partial charge on any atom is 0.231 e. The number of fused-ring (bicyclic) bond motifs is 2. The van der Waals surface area contributed by atoms with E-state index < -0.39 is 5.82 Å². The van der Waals surface area contributed by atoms with E-state index in [1.165, 1.54) is 11.6 Å². The quantitative estimate of drug-likeness (QED) is 0.455. The molecule has 2 aliphatic rings. The number of piperazine rings is 1. The van der Waals surface area contributed by atoms with Gasteiger partial charge in [0.2, 0.25) is 6.79 Å². The van der Waals surface area contributed by atoms with Gasteiger partial charge in [0.15, 0.2) is 23.0 Å². The number of hydrogen-bond acceptors (Lipinski definition) is 7. The highest BCUT2D eigenvalue weighted by atomic mass is 35.5. The minimum Gasteiger partial charge on any atom is -0.454 e. The Hall–Kier alpha value is -3.43. The number of ether oxygens (including phenoxy) is 2. The van der Waals surface area contributed by atoms with Crippen LogP contribution in [0.2, 0.25) is 5.02 Å². The first-order valence-electron chi connectivity index (χ1n) is 10.7. The van der Waals surface area contributed by atoms with Crippen LogP contribution >= 0.6 is 11.6 Å². The predicted octanol–water partition coefficient (Wildman–Crippen LogP) is 3.63. The molecule has 8 nitrogen and oxygen atoms in total. The van der Waals surface area contributed by atoms with Crippen molar-refractivity contribution in [1.82, 2.24) is 24.7 Å². The van der Waals surface area contributed by atoms with Crippen molar-refractivity contribution in [3.63, 3.8) is 0 Å². The molecule has 4 heterocycles. The van der Waals surface area contributed by atoms with Gasteiger partial charge in [0.1, 0.15) is 11.6 Å². The molecule has 1 saturated heterocycles. The third-order valence-electron chi connectivity index (χ3n) is 5.97. The first-order valence-corrected chi connectivity index (χ1v) is 11.1. The molecule has 4 aromatic rings. The van der Waals surface area contributed by atoms with Crippen LogP contribution in [-0.4, -0.2) is 57.7 Å². The molecule has 1 fully saturated rings. The van der Waals surface area contributed by atoms with E-state index in [2.05, 4.69) is 26.1 Å². The fourth-order valence-corrected chi connectivity index (χ4v) is 4.50. The summed E-state index contributed by atoms with van der Waals surface area (Å²) in [5.41, 5.74) is 1.93. The zero-order valence-electron chi connectivity index (χ0n) is 17.6. The van der Waals surface area contributed by atoms with E-state index in [9.17, 15) is 4.39 Å². The molecule has 0 N–H and O–H groups in total. The van der Waals surface area contributed by atoms with Crippen LogP contribution in [0.25, 0.3) is 17.0 Å². The predicted molar refractivity (Wildman–Crippen MR) is 121 cm³/mol. The highest BCUT2D eigenvalue weighted by Crippen LogP contribution is 2.33. The summed E-state index contributed by atoms with van der Waals surface area (Å²) in [6.45, 7) is 4.55. The molecule has 0 amide bonds. The molecule has 0 bridgehead atoms. The van der Waals surface area contributed by atoms with Gasteiger partial charge in [-0.2, -0.15) is 4.52 Å². The lowest BCUT2D eigenvalue weighted by atomic mass is 10.1. The highest BCUT2D eigenvalue weighted by Gasteiger charge is 2.22. The van der Waals surface area contributed by atoms with Crippen LogP contribution in [0.15, 0.2) is 48.5 Å². The summed E-state index contributed by atoms with van der Waals surface area (Å²) < 4.78 is 26.9. The van der Waals surface area contributed by atoms with Crippen LogP contribution in [0.5, 0.6) is 11.5 Å². The molecule has 6 rings (SSSR count). The number of rotatable bonds is 4. The van der Waals surface area contributed by atoms with Crippen molar-refractivity contribution in [2.45, 2.75) is 6.54 Å². The van der Waals surface area contributed by atoms with Gasteiger partial charge in [-0.05, 0) is 42.0 Å². The standard InChI is InChI=1S/C23H20ClFN6O2/c24-16-2-1-3-17(25)22(16)23-27-26-20-6-7-21(28-31(20)23)30-10-8-29(9-11-30)13-15-4-5-18-19(12-15)33-14-32-18/h1-7,12H,8-11,13-14H2. The van der Waals surface area contributed by atoms with Gasteiger partial charge < -0.3 is 14.4 Å². The third kappa shape index (κ3) is 3.73. The number of aromatic nitrogens is 4. The SMILES string of the molecule is Fc1cccc(Cl)c1-c1nnc2ccc(N3CCN(Cc4ccc5c(c4)OCO5)CC3)nn12. The van der Waals surface area contributed by atoms with E-state index in [4.69, 9.17) is 26.2 Å². The second kappa shape index (κ2) is 8.17. The van der Waals surface area contributed by atoms with Crippen molar-refractivity contribution < 1.29 is 13.9 Å². The molecule has 168 valence electrons. The van der Waals surface area contributed by atoms with Crippen LogP contribution in [0.1, 0.15) is 5.56 Å². The molecule has 0 aliphatic carbocycles. The monoisotopic (exact) mass is 466 g/mol. The summed E-state index contributed by atoms with van der Waals surface area (Å²) in [6.07, 6.45) is 0. The van der Waals surface area contributed by atoms with E-state index in [0.717, 1.165) is 50.0 Å². The van der Waals surface area contributed by atoms with Gasteiger partial charge in [-0.25, -0.2) is 4.39 Å². The summed E-state index contributed by atoms with van der Waals surface area (Å²) in [7, 11) is 0. The fourth-order valence-electron chi connectivity index (χ4n) is 4.25. The molecule has 0 radical (unpaired) electrons. The van der Waals surface area contributed by atoms with Crippen LogP contribution in [0, 0.1) is 5.82 Å². The van der Waals surface area contributed by atoms with Crippen LogP contribution < -0.4 is 14.4 Å². The van der Waals surface area contributed by atoms with Gasteiger partial charge in [-0.3, -0.25) is 4.90 Å². The number of anilines is 1. The first kappa shape index (κ1) is 20.2. The summed E-state index contributed by atoms with van der Waals surface area (Å²) in [5, 5.41) is 13.2. The largest absolute Gasteiger partial charge is 0.454 e. The number of hydrogen-bond donors (Lipinski definition) is 0. The van der Waals surface area contributed by atoms with E-state index in [0.29, 0.717) is 5.65 Å². The Morgan fingerprint density at radius 1 is 0.939 bits per heavy atom. The molecule has 10 heteroatoms. The van der Waals surface area contributed by atoms with Gasteiger partial charge in [0.25, 0.3) is 0 Å². The van der Waals surface area contributed by atoms with Gasteiger partial charge in [0.05, 0.1) is 10.6 Å². The third-order valence-corrected chi connectivity index (χ3v) is 6.29. The summed E-state index contributed by atoms with van der Waals surface area (Å²) in [6, 6.07) is 14.4. The molecular weight excluding hydrogens is 447 g/mol. The van der Waals surface area contributed by atoms with E-state index in [1.807, 2.05) is 24.3 Å². The fraction of sp³-hybridized carbons (Fsp3) is 0.261. The summed E-state index contributed by atoms with van der Waals surface area (Å²) in [5.74, 6) is 2.23. The zero-order valence-corrected chi connectivity index (χ0v) is 18.4. The number of halogens is 2. The second-order valence-electron chi connectivity index (χ2n) is 8.03. The van der Waals surface area contributed by atoms with E-state index >= 15 is 0 Å². The topological polar surface area (TPSA) is 68.0 Å². The van der Waals surface area contributed by atoms with Crippen molar-refractivity contribution in [3.05, 3.63) is 64.9 Å². The molecule has 0 unspecified atom stereocenters. The minimum absolute atomic E-state index is 0.199. The Bertz CT molecular complexity index is 1320. The second-order valence-corrected chi connectivity index (χ2v) is 8.44. The lowest BCUT2D eigenvalue weighted by Crippen LogP contribution is -2.46. The normalized spacial score (nSPS) is 16.0. The Kier molecular flexibility index (Phi) is 5.00. The molecule has 2 aliphatic heterocycles. The highest BCUT2D eigenvalue weighted by molar-refractivity contribution is 6.33. The Labute approximate surface area is 194 Å². The van der Waals surface area contributed by atoms with Crippen LogP contribution in [0.4, 0.5) is 10.2 Å². The minimum atomic E-state index is -0.457. The van der Waals surface area contributed by atoms with Crippen LogP contribution in [-0.2, 0) is 6.54 Å². The molecule has 2 aromatic heterocycles. The number of benzene rings is 2. The molecule has 0 atom stereocenters. The van der Waals surface area contributed by atoms with Crippen molar-refractivity contribution in [1.29, 1.82) is 0 Å². The van der Waals surface area contributed by atoms with Crippen molar-refractivity contribution >= 4 is 23.1 Å². The van der Waals surface area contributed by atoms with Gasteiger partial charge >= 0.3 is 0 Å². The molecule has 0 spiro atoms. The van der Waals surface area contributed by atoms with Crippen molar-refractivity contribution in [2.24, 2.45) is 0 Å². The first-order chi connectivity index (χ1) is 16.2. The van der Waals surface area contributed by atoms with E-state index in [1.54, 1.807) is 16.6 Å². The van der Waals surface area contributed by atoms with Crippen molar-refractivity contribution in [3.8, 4) is 22.9 Å². The lowest BCUT2D eigenvalue weighted by molar-refractivity contribution is 0.174. The average molecular weight is 467 g/mol. The Balaban J connectivity index is 1.19. The van der Waals surface area contributed by atoms with Gasteiger partial charge in [-0.1, -0.05) is 23.7 Å². The maximum atomic E-state index is 14.5. The molecule has 2 aromatic carbocycles. The van der Waals surface area contributed by atoms with E-state index in [-0.39, 0.29) is 23.2 Å². The maximum absolute atomic E-state index is 14.5. The molecule has 0 saturated carbocycles. The van der Waals surface area contributed by atoms with Gasteiger partial charge in [0, 0.05) is 32.7 Å². The smallest absolute Gasteiger partial charge is 0.231 e. The lowest BCUT2D eigenvalue weighted by Gasteiger charge is -2.35. The summed E-state index contributed by atoms with van der Waals surface area (Å²) >= 11 is 6.24. The average Bonchev–Trinajstić information content (AvgIpc) is 3.46. The molecular formula is C23H20ClFN6O2. The van der Waals surface area contributed by atoms with Crippen molar-refractivity contribution in [2.75, 3.05) is 37.9 Å².